The van der Waals surface area contributed by atoms with E-state index in [9.17, 15) is 57.9 Å². The van der Waals surface area contributed by atoms with Gasteiger partial charge in [0, 0.05) is 38.2 Å². The maximum atomic E-state index is 14.7. The van der Waals surface area contributed by atoms with Gasteiger partial charge >= 0.3 is 24.7 Å². The number of aromatic nitrogens is 3. The summed E-state index contributed by atoms with van der Waals surface area (Å²) in [6, 6.07) is 54.0. The van der Waals surface area contributed by atoms with Crippen LogP contribution < -0.4 is 0 Å². The SMILES string of the molecule is N#Cc1cc(-n2c3ccccc3c3cc(-c4ccc(C(F)(F)F)cc4C(F)(F)F)ccc32)c(-c2cc(-c3ccccc3)nc(-c3ccccc3)c2)c(-n2c3ccccc3c3cc(-c4ccc(C(F)(F)F)cc4C(F)(F)F)ccc32)c1. The van der Waals surface area contributed by atoms with Gasteiger partial charge in [-0.25, -0.2) is 4.98 Å². The largest absolute Gasteiger partial charge is 0.417 e. The molecule has 3 aromatic heterocycles. The first-order chi connectivity index (χ1) is 38.2. The molecule has 16 heteroatoms. The Bertz CT molecular complexity index is 4210. The number of benzene rings is 9. The van der Waals surface area contributed by atoms with Gasteiger partial charge in [-0.05, 0) is 113 Å². The molecule has 12 rings (SSSR count). The molecule has 0 radical (unpaired) electrons. The zero-order chi connectivity index (χ0) is 56.0. The average molecular weight is 1090 g/mol. The molecule has 0 unspecified atom stereocenters. The summed E-state index contributed by atoms with van der Waals surface area (Å²) in [5, 5.41) is 12.9. The maximum absolute atomic E-state index is 14.7. The van der Waals surface area contributed by atoms with Crippen molar-refractivity contribution in [1.82, 2.24) is 14.1 Å². The molecule has 0 atom stereocenters. The molecule has 0 N–H and O–H groups in total. The Morgan fingerprint density at radius 2 is 0.725 bits per heavy atom. The van der Waals surface area contributed by atoms with E-state index in [4.69, 9.17) is 4.98 Å². The van der Waals surface area contributed by atoms with Crippen molar-refractivity contribution in [3.05, 3.63) is 234 Å². The number of para-hydroxylation sites is 2. The minimum Gasteiger partial charge on any atom is -0.308 e. The molecule has 12 aromatic rings. The number of nitriles is 1. The summed E-state index contributed by atoms with van der Waals surface area (Å²) in [4.78, 5) is 5.13. The smallest absolute Gasteiger partial charge is 0.308 e. The first kappa shape index (κ1) is 51.2. The number of halogens is 12. The lowest BCUT2D eigenvalue weighted by Crippen LogP contribution is -2.12. The summed E-state index contributed by atoms with van der Waals surface area (Å²) >= 11 is 0. The second-order valence-electron chi connectivity index (χ2n) is 19.0. The molecule has 0 fully saturated rings. The summed E-state index contributed by atoms with van der Waals surface area (Å²) in [5.41, 5.74) is -0.530. The van der Waals surface area contributed by atoms with E-state index in [1.54, 1.807) is 72.8 Å². The van der Waals surface area contributed by atoms with Crippen molar-refractivity contribution < 1.29 is 52.7 Å². The van der Waals surface area contributed by atoms with Crippen LogP contribution >= 0.6 is 0 Å². The molecular formula is C64H34F12N4. The van der Waals surface area contributed by atoms with Crippen LogP contribution in [0.1, 0.15) is 27.8 Å². The normalized spacial score (nSPS) is 12.5. The number of alkyl halides is 12. The van der Waals surface area contributed by atoms with Gasteiger partial charge in [-0.3, -0.25) is 0 Å². The van der Waals surface area contributed by atoms with E-state index in [0.29, 0.717) is 89.6 Å². The fraction of sp³-hybridized carbons (Fsp3) is 0.0625. The second kappa shape index (κ2) is 18.8. The summed E-state index contributed by atoms with van der Waals surface area (Å²) in [7, 11) is 0. The van der Waals surface area contributed by atoms with Gasteiger partial charge < -0.3 is 9.13 Å². The number of hydrogen-bond acceptors (Lipinski definition) is 2. The van der Waals surface area contributed by atoms with Crippen molar-refractivity contribution in [3.8, 4) is 73.3 Å². The molecule has 0 aliphatic rings. The van der Waals surface area contributed by atoms with E-state index in [2.05, 4.69) is 6.07 Å². The summed E-state index contributed by atoms with van der Waals surface area (Å²) in [6.45, 7) is 0. The predicted molar refractivity (Wildman–Crippen MR) is 285 cm³/mol. The second-order valence-corrected chi connectivity index (χ2v) is 19.0. The topological polar surface area (TPSA) is 46.5 Å². The van der Waals surface area contributed by atoms with Crippen LogP contribution in [0.5, 0.6) is 0 Å². The van der Waals surface area contributed by atoms with Crippen molar-refractivity contribution in [2.24, 2.45) is 0 Å². The van der Waals surface area contributed by atoms with Crippen LogP contribution in [0.2, 0.25) is 0 Å². The van der Waals surface area contributed by atoms with Crippen molar-refractivity contribution in [1.29, 1.82) is 5.26 Å². The van der Waals surface area contributed by atoms with E-state index in [-0.39, 0.29) is 28.8 Å². The van der Waals surface area contributed by atoms with Crippen LogP contribution in [0.25, 0.3) is 111 Å². The highest BCUT2D eigenvalue weighted by atomic mass is 19.4. The molecule has 9 aromatic carbocycles. The lowest BCUT2D eigenvalue weighted by atomic mass is 9.94. The predicted octanol–water partition coefficient (Wildman–Crippen LogP) is 19.6. The molecule has 0 bridgehead atoms. The fourth-order valence-corrected chi connectivity index (χ4v) is 10.7. The van der Waals surface area contributed by atoms with E-state index in [1.807, 2.05) is 81.9 Å². The first-order valence-corrected chi connectivity index (χ1v) is 24.5. The summed E-state index contributed by atoms with van der Waals surface area (Å²) in [5.74, 6) is 0. The molecule has 0 amide bonds. The highest BCUT2D eigenvalue weighted by molar-refractivity contribution is 6.13. The van der Waals surface area contributed by atoms with Crippen LogP contribution in [0.3, 0.4) is 0 Å². The third kappa shape index (κ3) is 8.94. The number of hydrogen-bond donors (Lipinski definition) is 0. The monoisotopic (exact) mass is 1090 g/mol. The molecule has 0 aliphatic carbocycles. The van der Waals surface area contributed by atoms with Crippen molar-refractivity contribution in [2.45, 2.75) is 24.7 Å². The van der Waals surface area contributed by atoms with Gasteiger partial charge in [0.25, 0.3) is 0 Å². The Labute approximate surface area is 446 Å². The number of rotatable bonds is 7. The molecule has 3 heterocycles. The first-order valence-electron chi connectivity index (χ1n) is 24.5. The van der Waals surface area contributed by atoms with E-state index < -0.39 is 58.1 Å². The third-order valence-electron chi connectivity index (χ3n) is 14.2. The Morgan fingerprint density at radius 3 is 1.11 bits per heavy atom. The van der Waals surface area contributed by atoms with Gasteiger partial charge in [0.05, 0.1) is 78.7 Å². The zero-order valence-electron chi connectivity index (χ0n) is 41.0. The van der Waals surface area contributed by atoms with Gasteiger partial charge in [-0.15, -0.1) is 0 Å². The number of nitrogens with zero attached hydrogens (tertiary/aromatic N) is 4. The molecular weight excluding hydrogens is 1050 g/mol. The summed E-state index contributed by atoms with van der Waals surface area (Å²) < 4.78 is 175. The highest BCUT2D eigenvalue weighted by Gasteiger charge is 2.40. The lowest BCUT2D eigenvalue weighted by molar-refractivity contribution is -0.144. The highest BCUT2D eigenvalue weighted by Crippen LogP contribution is 2.48. The van der Waals surface area contributed by atoms with E-state index in [0.717, 1.165) is 23.3 Å². The molecule has 394 valence electrons. The third-order valence-corrected chi connectivity index (χ3v) is 14.2. The van der Waals surface area contributed by atoms with Gasteiger partial charge in [0.1, 0.15) is 0 Å². The quantitative estimate of drug-likeness (QED) is 0.149. The Morgan fingerprint density at radius 1 is 0.338 bits per heavy atom. The Balaban J connectivity index is 1.19. The Hall–Kier alpha value is -9.62. The molecule has 4 nitrogen and oxygen atoms in total. The van der Waals surface area contributed by atoms with Gasteiger partial charge in [-0.1, -0.05) is 121 Å². The number of fused-ring (bicyclic) bond motifs is 6. The fourth-order valence-electron chi connectivity index (χ4n) is 10.7. The van der Waals surface area contributed by atoms with Crippen LogP contribution in [-0.4, -0.2) is 14.1 Å². The minimum absolute atomic E-state index is 0.0226. The van der Waals surface area contributed by atoms with Crippen molar-refractivity contribution in [2.75, 3.05) is 0 Å². The molecule has 0 saturated carbocycles. The Kier molecular flexibility index (Phi) is 12.0. The van der Waals surface area contributed by atoms with E-state index >= 15 is 0 Å². The molecule has 0 aliphatic heterocycles. The summed E-state index contributed by atoms with van der Waals surface area (Å²) in [6.07, 6.45) is -20.5. The molecule has 0 spiro atoms. The average Bonchev–Trinajstić information content (AvgIpc) is 4.03. The van der Waals surface area contributed by atoms with Crippen LogP contribution in [-0.2, 0) is 24.7 Å². The van der Waals surface area contributed by atoms with Gasteiger partial charge in [0.15, 0.2) is 0 Å². The van der Waals surface area contributed by atoms with Crippen LogP contribution in [0.15, 0.2) is 206 Å². The molecule has 80 heavy (non-hydrogen) atoms. The standard InChI is InChI=1S/C64H34F12N4/c65-61(66,67)42-21-23-44(50(33-42)63(71,72)73)39-19-25-56-48(29-39)46-15-7-9-17-54(46)79(56)58-27-36(35-77)28-59(60(58)41-31-52(37-11-3-1-4-12-37)78-53(32-41)38-13-5-2-6-14-38)80-55-18-10-8-16-47(55)49-30-40(20-26-57(49)80)45-24-22-43(62(68,69)70)34-51(45)64(74,75)76/h1-34H. The van der Waals surface area contributed by atoms with Crippen LogP contribution in [0.4, 0.5) is 52.7 Å². The van der Waals surface area contributed by atoms with Crippen LogP contribution in [0, 0.1) is 11.3 Å². The maximum Gasteiger partial charge on any atom is 0.417 e. The lowest BCUT2D eigenvalue weighted by Gasteiger charge is -2.22. The van der Waals surface area contributed by atoms with E-state index in [1.165, 1.54) is 24.3 Å². The molecule has 0 saturated heterocycles. The zero-order valence-corrected chi connectivity index (χ0v) is 41.0. The van der Waals surface area contributed by atoms with Gasteiger partial charge in [-0.2, -0.15) is 57.9 Å². The minimum atomic E-state index is -5.17. The van der Waals surface area contributed by atoms with Gasteiger partial charge in [0.2, 0.25) is 0 Å². The van der Waals surface area contributed by atoms with Crippen molar-refractivity contribution in [3.63, 3.8) is 0 Å². The van der Waals surface area contributed by atoms with Crippen molar-refractivity contribution >= 4 is 43.6 Å². The number of pyridine rings is 1.